The molecule has 5 nitrogen and oxygen atoms in total. The molecule has 2 heterocycles. The van der Waals surface area contributed by atoms with Gasteiger partial charge in [-0.15, -0.1) is 0 Å². The largest absolute Gasteiger partial charge is 0.464 e. The van der Waals surface area contributed by atoms with Gasteiger partial charge in [0.25, 0.3) is 0 Å². The number of hydrogen-bond donors (Lipinski definition) is 0. The second kappa shape index (κ2) is 6.98. The van der Waals surface area contributed by atoms with E-state index in [2.05, 4.69) is 29.4 Å². The Hall–Kier alpha value is -1.44. The summed E-state index contributed by atoms with van der Waals surface area (Å²) in [5, 5.41) is 0.230. The molecule has 2 rings (SSSR count). The predicted molar refractivity (Wildman–Crippen MR) is 90.1 cm³/mol. The molecule has 0 aromatic carbocycles. The third-order valence-electron chi connectivity index (χ3n) is 3.35. The molecule has 0 unspecified atom stereocenters. The lowest BCUT2D eigenvalue weighted by Crippen LogP contribution is -2.22. The number of aromatic nitrogens is 2. The van der Waals surface area contributed by atoms with Gasteiger partial charge in [0, 0.05) is 20.9 Å². The van der Waals surface area contributed by atoms with Crippen molar-refractivity contribution in [1.29, 1.82) is 0 Å². The first-order valence-corrected chi connectivity index (χ1v) is 11.3. The minimum atomic E-state index is -1.18. The van der Waals surface area contributed by atoms with Gasteiger partial charge in [-0.3, -0.25) is 0 Å². The van der Waals surface area contributed by atoms with Gasteiger partial charge in [-0.25, -0.2) is 14.2 Å². The summed E-state index contributed by atoms with van der Waals surface area (Å²) in [6.45, 7) is 7.58. The molecule has 126 valence electrons. The molecule has 23 heavy (non-hydrogen) atoms. The van der Waals surface area contributed by atoms with E-state index in [1.165, 1.54) is 19.4 Å². The first-order chi connectivity index (χ1) is 10.7. The van der Waals surface area contributed by atoms with Crippen molar-refractivity contribution in [1.82, 2.24) is 9.55 Å². The smallest absolute Gasteiger partial charge is 0.356 e. The molecule has 0 N–H and O–H groups in total. The maximum Gasteiger partial charge on any atom is 0.356 e. The van der Waals surface area contributed by atoms with E-state index in [9.17, 15) is 9.18 Å². The topological polar surface area (TPSA) is 53.3 Å². The van der Waals surface area contributed by atoms with Gasteiger partial charge in [-0.05, 0) is 12.1 Å². The van der Waals surface area contributed by atoms with Crippen LogP contribution in [-0.4, -0.2) is 37.3 Å². The van der Waals surface area contributed by atoms with Crippen molar-refractivity contribution < 1.29 is 18.7 Å². The standard InChI is InChI=1S/C15H20ClFN2O3Si/c1-21-15(20)12-7-10(16)14-13(18-12)11(17)8-19(14)9-22-5-6-23(2,3)4/h7-8H,5-6,9H2,1-4H3. The van der Waals surface area contributed by atoms with Crippen LogP contribution in [0.5, 0.6) is 0 Å². The molecule has 0 bridgehead atoms. The number of hydrogen-bond acceptors (Lipinski definition) is 4. The van der Waals surface area contributed by atoms with Crippen LogP contribution in [0.25, 0.3) is 11.0 Å². The molecular formula is C15H20ClFN2O3Si. The fourth-order valence-corrected chi connectivity index (χ4v) is 3.12. The zero-order valence-electron chi connectivity index (χ0n) is 13.7. The fourth-order valence-electron chi connectivity index (χ4n) is 2.06. The summed E-state index contributed by atoms with van der Waals surface area (Å²) in [4.78, 5) is 15.5. The van der Waals surface area contributed by atoms with Crippen molar-refractivity contribution in [2.24, 2.45) is 0 Å². The van der Waals surface area contributed by atoms with Gasteiger partial charge in [0.05, 0.1) is 17.6 Å². The zero-order valence-corrected chi connectivity index (χ0v) is 15.4. The summed E-state index contributed by atoms with van der Waals surface area (Å²) in [7, 11) is 0.0549. The number of carbonyl (C=O) groups is 1. The Kier molecular flexibility index (Phi) is 5.44. The van der Waals surface area contributed by atoms with Crippen molar-refractivity contribution >= 4 is 36.7 Å². The van der Waals surface area contributed by atoms with Crippen LogP contribution in [0.15, 0.2) is 12.3 Å². The second-order valence-corrected chi connectivity index (χ2v) is 12.5. The molecule has 0 radical (unpaired) electrons. The Morgan fingerprint density at radius 1 is 1.43 bits per heavy atom. The minimum absolute atomic E-state index is 0.0266. The Labute approximate surface area is 140 Å². The zero-order chi connectivity index (χ0) is 17.2. The molecule has 0 fully saturated rings. The summed E-state index contributed by atoms with van der Waals surface area (Å²) in [5.41, 5.74) is 0.415. The van der Waals surface area contributed by atoms with Gasteiger partial charge < -0.3 is 14.0 Å². The normalized spacial score (nSPS) is 11.9. The highest BCUT2D eigenvalue weighted by atomic mass is 35.5. The lowest BCUT2D eigenvalue weighted by Gasteiger charge is -2.15. The first-order valence-electron chi connectivity index (χ1n) is 7.24. The molecule has 0 aliphatic heterocycles. The van der Waals surface area contributed by atoms with Gasteiger partial charge in [0.1, 0.15) is 12.2 Å². The number of fused-ring (bicyclic) bond motifs is 1. The van der Waals surface area contributed by atoms with E-state index in [0.29, 0.717) is 12.1 Å². The van der Waals surface area contributed by atoms with E-state index in [-0.39, 0.29) is 23.0 Å². The Balaban J connectivity index is 2.24. The average Bonchev–Trinajstić information content (AvgIpc) is 2.79. The SMILES string of the molecule is COC(=O)c1cc(Cl)c2c(n1)c(F)cn2COCC[Si](C)(C)C. The first kappa shape index (κ1) is 17.9. The van der Waals surface area contributed by atoms with Crippen molar-refractivity contribution in [2.45, 2.75) is 32.4 Å². The van der Waals surface area contributed by atoms with E-state index in [1.54, 1.807) is 4.57 Å². The average molecular weight is 359 g/mol. The minimum Gasteiger partial charge on any atom is -0.464 e. The van der Waals surface area contributed by atoms with E-state index >= 15 is 0 Å². The van der Waals surface area contributed by atoms with Gasteiger partial charge in [0.15, 0.2) is 11.5 Å². The van der Waals surface area contributed by atoms with Crippen molar-refractivity contribution in [2.75, 3.05) is 13.7 Å². The third-order valence-corrected chi connectivity index (χ3v) is 5.34. The van der Waals surface area contributed by atoms with Gasteiger partial charge >= 0.3 is 5.97 Å². The molecule has 0 saturated heterocycles. The van der Waals surface area contributed by atoms with Gasteiger partial charge in [-0.1, -0.05) is 31.2 Å². The molecule has 2 aromatic heterocycles. The molecule has 0 amide bonds. The molecule has 0 spiro atoms. The fraction of sp³-hybridized carbons (Fsp3) is 0.467. The van der Waals surface area contributed by atoms with Crippen LogP contribution in [0.2, 0.25) is 30.7 Å². The second-order valence-electron chi connectivity index (χ2n) is 6.47. The summed E-state index contributed by atoms with van der Waals surface area (Å²) in [6, 6.07) is 2.39. The molecule has 0 atom stereocenters. The highest BCUT2D eigenvalue weighted by molar-refractivity contribution is 6.76. The molecule has 0 aliphatic rings. The Bertz CT molecular complexity index is 728. The lowest BCUT2D eigenvalue weighted by molar-refractivity contribution is 0.0594. The summed E-state index contributed by atoms with van der Waals surface area (Å²) in [6.07, 6.45) is 1.28. The summed E-state index contributed by atoms with van der Waals surface area (Å²) < 4.78 is 25.9. The van der Waals surface area contributed by atoms with E-state index in [4.69, 9.17) is 16.3 Å². The summed E-state index contributed by atoms with van der Waals surface area (Å²) in [5.74, 6) is -1.21. The Morgan fingerprint density at radius 3 is 2.74 bits per heavy atom. The van der Waals surface area contributed by atoms with Crippen LogP contribution in [0.3, 0.4) is 0 Å². The number of esters is 1. The van der Waals surface area contributed by atoms with E-state index in [0.717, 1.165) is 6.04 Å². The number of ether oxygens (including phenoxy) is 2. The van der Waals surface area contributed by atoms with Crippen LogP contribution < -0.4 is 0 Å². The van der Waals surface area contributed by atoms with Crippen molar-refractivity contribution in [3.63, 3.8) is 0 Å². The summed E-state index contributed by atoms with van der Waals surface area (Å²) >= 11 is 6.18. The van der Waals surface area contributed by atoms with E-state index < -0.39 is 19.9 Å². The maximum atomic E-state index is 14.1. The number of nitrogens with zero attached hydrogens (tertiary/aromatic N) is 2. The number of methoxy groups -OCH3 is 1. The molecule has 0 saturated carbocycles. The number of rotatable bonds is 6. The highest BCUT2D eigenvalue weighted by Crippen LogP contribution is 2.27. The highest BCUT2D eigenvalue weighted by Gasteiger charge is 2.18. The van der Waals surface area contributed by atoms with Crippen LogP contribution in [0.4, 0.5) is 4.39 Å². The number of halogens is 2. The van der Waals surface area contributed by atoms with Gasteiger partial charge in [0.2, 0.25) is 0 Å². The van der Waals surface area contributed by atoms with Crippen LogP contribution >= 0.6 is 11.6 Å². The molecule has 0 aliphatic carbocycles. The van der Waals surface area contributed by atoms with Crippen molar-refractivity contribution in [3.8, 4) is 0 Å². The maximum absolute atomic E-state index is 14.1. The van der Waals surface area contributed by atoms with E-state index in [1.807, 2.05) is 0 Å². The quantitative estimate of drug-likeness (QED) is 0.446. The lowest BCUT2D eigenvalue weighted by atomic mass is 10.3. The van der Waals surface area contributed by atoms with Crippen molar-refractivity contribution in [3.05, 3.63) is 28.8 Å². The van der Waals surface area contributed by atoms with Crippen LogP contribution in [0.1, 0.15) is 10.5 Å². The third kappa shape index (κ3) is 4.30. The predicted octanol–water partition coefficient (Wildman–Crippen LogP) is 3.93. The molecular weight excluding hydrogens is 339 g/mol. The monoisotopic (exact) mass is 358 g/mol. The van der Waals surface area contributed by atoms with Gasteiger partial charge in [-0.2, -0.15) is 0 Å². The molecule has 8 heteroatoms. The Morgan fingerprint density at radius 2 is 2.13 bits per heavy atom. The van der Waals surface area contributed by atoms with Crippen LogP contribution in [0, 0.1) is 5.82 Å². The molecule has 2 aromatic rings. The number of pyridine rings is 1. The van der Waals surface area contributed by atoms with Crippen LogP contribution in [-0.2, 0) is 16.2 Å². The number of carbonyl (C=O) groups excluding carboxylic acids is 1.